The Morgan fingerprint density at radius 2 is 2.00 bits per heavy atom. The van der Waals surface area contributed by atoms with Crippen molar-refractivity contribution in [1.82, 2.24) is 0 Å². The zero-order valence-corrected chi connectivity index (χ0v) is 9.49. The van der Waals surface area contributed by atoms with Crippen LogP contribution in [0.2, 0.25) is 0 Å². The molecular formula is C13H19NO. The molecule has 2 heteroatoms. The van der Waals surface area contributed by atoms with Gasteiger partial charge in [0.1, 0.15) is 0 Å². The summed E-state index contributed by atoms with van der Waals surface area (Å²) in [4.78, 5) is 0. The lowest BCUT2D eigenvalue weighted by Gasteiger charge is -2.32. The van der Waals surface area contributed by atoms with Crippen LogP contribution in [-0.4, -0.2) is 12.1 Å². The van der Waals surface area contributed by atoms with Crippen LogP contribution in [0.4, 0.5) is 0 Å². The van der Waals surface area contributed by atoms with Gasteiger partial charge in [-0.3, -0.25) is 0 Å². The van der Waals surface area contributed by atoms with Gasteiger partial charge in [0.05, 0.1) is 12.7 Å². The number of hydrogen-bond donors (Lipinski definition) is 1. The van der Waals surface area contributed by atoms with Crippen LogP contribution < -0.4 is 5.73 Å². The van der Waals surface area contributed by atoms with Crippen LogP contribution in [0.1, 0.15) is 29.5 Å². The third-order valence-corrected chi connectivity index (χ3v) is 3.19. The van der Waals surface area contributed by atoms with Crippen LogP contribution in [0.15, 0.2) is 18.2 Å². The zero-order chi connectivity index (χ0) is 10.8. The minimum Gasteiger partial charge on any atom is -0.373 e. The number of nitrogens with two attached hydrogens (primary N) is 1. The molecule has 2 rings (SSSR count). The van der Waals surface area contributed by atoms with Crippen LogP contribution in [0.25, 0.3) is 0 Å². The minimum atomic E-state index is 0.370. The molecule has 0 spiro atoms. The molecule has 1 aliphatic rings. The van der Waals surface area contributed by atoms with E-state index in [2.05, 4.69) is 32.0 Å². The largest absolute Gasteiger partial charge is 0.373 e. The molecule has 1 aliphatic carbocycles. The number of benzene rings is 1. The molecule has 82 valence electrons. The van der Waals surface area contributed by atoms with E-state index in [0.29, 0.717) is 12.1 Å². The third kappa shape index (κ3) is 2.58. The van der Waals surface area contributed by atoms with Crippen molar-refractivity contribution in [2.24, 2.45) is 5.73 Å². The Bertz CT molecular complexity index is 342. The quantitative estimate of drug-likeness (QED) is 0.821. The summed E-state index contributed by atoms with van der Waals surface area (Å²) in [7, 11) is 0. The SMILES string of the molecule is Cc1ccc(COC2CC(N)C2)cc1C. The maximum atomic E-state index is 5.75. The Morgan fingerprint density at radius 3 is 2.60 bits per heavy atom. The van der Waals surface area contributed by atoms with Gasteiger partial charge in [0.15, 0.2) is 0 Å². The van der Waals surface area contributed by atoms with E-state index in [9.17, 15) is 0 Å². The normalized spacial score (nSPS) is 25.0. The Morgan fingerprint density at radius 1 is 1.27 bits per heavy atom. The molecule has 0 unspecified atom stereocenters. The molecule has 15 heavy (non-hydrogen) atoms. The second-order valence-corrected chi connectivity index (χ2v) is 4.58. The molecule has 0 saturated heterocycles. The Hall–Kier alpha value is -0.860. The van der Waals surface area contributed by atoms with Gasteiger partial charge in [-0.05, 0) is 43.4 Å². The smallest absolute Gasteiger partial charge is 0.0720 e. The Labute approximate surface area is 91.4 Å². The summed E-state index contributed by atoms with van der Waals surface area (Å²) < 4.78 is 5.75. The van der Waals surface area contributed by atoms with Gasteiger partial charge in [-0.25, -0.2) is 0 Å². The highest BCUT2D eigenvalue weighted by Gasteiger charge is 2.26. The summed E-state index contributed by atoms with van der Waals surface area (Å²) in [6, 6.07) is 6.87. The highest BCUT2D eigenvalue weighted by atomic mass is 16.5. The van der Waals surface area contributed by atoms with Crippen molar-refractivity contribution < 1.29 is 4.74 Å². The molecule has 0 radical (unpaired) electrons. The first-order chi connectivity index (χ1) is 7.15. The molecule has 1 saturated carbocycles. The van der Waals surface area contributed by atoms with E-state index in [1.54, 1.807) is 0 Å². The maximum Gasteiger partial charge on any atom is 0.0720 e. The molecule has 0 aliphatic heterocycles. The molecule has 0 heterocycles. The molecule has 2 nitrogen and oxygen atoms in total. The summed E-state index contributed by atoms with van der Waals surface area (Å²) in [5.74, 6) is 0. The van der Waals surface area contributed by atoms with Gasteiger partial charge in [0.2, 0.25) is 0 Å². The van der Waals surface area contributed by atoms with Crippen LogP contribution in [-0.2, 0) is 11.3 Å². The van der Waals surface area contributed by atoms with Crippen molar-refractivity contribution in [3.8, 4) is 0 Å². The van der Waals surface area contributed by atoms with Gasteiger partial charge in [0.25, 0.3) is 0 Å². The van der Waals surface area contributed by atoms with E-state index in [1.165, 1.54) is 16.7 Å². The molecule has 1 aromatic rings. The van der Waals surface area contributed by atoms with Crippen molar-refractivity contribution in [1.29, 1.82) is 0 Å². The van der Waals surface area contributed by atoms with Gasteiger partial charge >= 0.3 is 0 Å². The molecular weight excluding hydrogens is 186 g/mol. The van der Waals surface area contributed by atoms with Gasteiger partial charge < -0.3 is 10.5 Å². The van der Waals surface area contributed by atoms with E-state index in [0.717, 1.165) is 19.4 Å². The van der Waals surface area contributed by atoms with Crippen molar-refractivity contribution >= 4 is 0 Å². The van der Waals surface area contributed by atoms with Crippen molar-refractivity contribution in [2.75, 3.05) is 0 Å². The summed E-state index contributed by atoms with van der Waals surface area (Å²) in [5.41, 5.74) is 9.64. The van der Waals surface area contributed by atoms with Crippen molar-refractivity contribution in [3.63, 3.8) is 0 Å². The fraction of sp³-hybridized carbons (Fsp3) is 0.538. The standard InChI is InChI=1S/C13H19NO/c1-9-3-4-11(5-10(9)2)8-15-13-6-12(14)7-13/h3-5,12-13H,6-8,14H2,1-2H3. The van der Waals surface area contributed by atoms with Crippen LogP contribution >= 0.6 is 0 Å². The van der Waals surface area contributed by atoms with Crippen molar-refractivity contribution in [2.45, 2.75) is 45.4 Å². The van der Waals surface area contributed by atoms with E-state index in [4.69, 9.17) is 10.5 Å². The average Bonchev–Trinajstić information content (AvgIpc) is 2.16. The Balaban J connectivity index is 1.86. The Kier molecular flexibility index (Phi) is 3.08. The van der Waals surface area contributed by atoms with Gasteiger partial charge in [-0.15, -0.1) is 0 Å². The lowest BCUT2D eigenvalue weighted by Crippen LogP contribution is -2.41. The molecule has 1 aromatic carbocycles. The first-order valence-electron chi connectivity index (χ1n) is 5.58. The predicted molar refractivity (Wildman–Crippen MR) is 61.7 cm³/mol. The average molecular weight is 205 g/mol. The number of hydrogen-bond acceptors (Lipinski definition) is 2. The molecule has 0 atom stereocenters. The first kappa shape index (κ1) is 10.7. The summed E-state index contributed by atoms with van der Waals surface area (Å²) in [5, 5.41) is 0. The second-order valence-electron chi connectivity index (χ2n) is 4.58. The number of ether oxygens (including phenoxy) is 1. The molecule has 0 aromatic heterocycles. The number of aryl methyl sites for hydroxylation is 2. The van der Waals surface area contributed by atoms with E-state index in [-0.39, 0.29) is 0 Å². The molecule has 2 N–H and O–H groups in total. The van der Waals surface area contributed by atoms with E-state index < -0.39 is 0 Å². The highest BCUT2D eigenvalue weighted by molar-refractivity contribution is 5.29. The van der Waals surface area contributed by atoms with E-state index in [1.807, 2.05) is 0 Å². The predicted octanol–water partition coefficient (Wildman–Crippen LogP) is 2.31. The molecule has 0 amide bonds. The number of rotatable bonds is 3. The summed E-state index contributed by atoms with van der Waals surface area (Å²) in [6.45, 7) is 4.99. The monoisotopic (exact) mass is 205 g/mol. The van der Waals surface area contributed by atoms with E-state index >= 15 is 0 Å². The van der Waals surface area contributed by atoms with Crippen LogP contribution in [0.5, 0.6) is 0 Å². The first-order valence-corrected chi connectivity index (χ1v) is 5.58. The van der Waals surface area contributed by atoms with Crippen LogP contribution in [0, 0.1) is 13.8 Å². The maximum absolute atomic E-state index is 5.75. The molecule has 0 bridgehead atoms. The van der Waals surface area contributed by atoms with Crippen LogP contribution in [0.3, 0.4) is 0 Å². The molecule has 1 fully saturated rings. The van der Waals surface area contributed by atoms with Gasteiger partial charge in [0, 0.05) is 6.04 Å². The zero-order valence-electron chi connectivity index (χ0n) is 9.49. The summed E-state index contributed by atoms with van der Waals surface area (Å²) >= 11 is 0. The second kappa shape index (κ2) is 4.33. The fourth-order valence-electron chi connectivity index (χ4n) is 1.85. The topological polar surface area (TPSA) is 35.2 Å². The fourth-order valence-corrected chi connectivity index (χ4v) is 1.85. The van der Waals surface area contributed by atoms with Gasteiger partial charge in [-0.2, -0.15) is 0 Å². The van der Waals surface area contributed by atoms with Crippen molar-refractivity contribution in [3.05, 3.63) is 34.9 Å². The lowest BCUT2D eigenvalue weighted by molar-refractivity contribution is -0.0188. The highest BCUT2D eigenvalue weighted by Crippen LogP contribution is 2.22. The lowest BCUT2D eigenvalue weighted by atomic mass is 9.90. The minimum absolute atomic E-state index is 0.370. The van der Waals surface area contributed by atoms with Gasteiger partial charge in [-0.1, -0.05) is 18.2 Å². The summed E-state index contributed by atoms with van der Waals surface area (Å²) in [6.07, 6.45) is 2.43. The third-order valence-electron chi connectivity index (χ3n) is 3.19.